The van der Waals surface area contributed by atoms with Gasteiger partial charge in [0.15, 0.2) is 0 Å². The van der Waals surface area contributed by atoms with Gasteiger partial charge < -0.3 is 0 Å². The lowest BCUT2D eigenvalue weighted by molar-refractivity contribution is -0.119. The van der Waals surface area contributed by atoms with Gasteiger partial charge in [0, 0.05) is 7.05 Å². The molecule has 1 aliphatic rings. The number of carbonyl (C=O) groups excluding carboxylic acids is 2. The molecule has 0 bridgehead atoms. The van der Waals surface area contributed by atoms with Gasteiger partial charge in [-0.05, 0) is 0 Å². The number of rotatable bonds is 0. The molecule has 0 aromatic carbocycles. The highest BCUT2D eigenvalue weighted by Crippen LogP contribution is 1.94. The van der Waals surface area contributed by atoms with Crippen LogP contribution in [0.15, 0.2) is 4.99 Å². The topological polar surface area (TPSA) is 49.7 Å². The van der Waals surface area contributed by atoms with E-state index in [0.717, 1.165) is 11.1 Å². The molecule has 0 atom stereocenters. The Labute approximate surface area is 58.0 Å². The number of hydrogen-bond acceptors (Lipinski definition) is 2. The van der Waals surface area contributed by atoms with Gasteiger partial charge in [-0.25, -0.2) is 4.79 Å². The van der Waals surface area contributed by atoms with Crippen molar-refractivity contribution >= 4 is 30.6 Å². The monoisotopic (exact) mass is 148 g/mol. The van der Waals surface area contributed by atoms with Crippen LogP contribution in [-0.4, -0.2) is 30.1 Å². The third-order valence-electron chi connectivity index (χ3n) is 0.903. The highest BCUT2D eigenvalue weighted by atomic mass is 35.5. The van der Waals surface area contributed by atoms with Gasteiger partial charge in [0.25, 0.3) is 5.91 Å². The van der Waals surface area contributed by atoms with Crippen molar-refractivity contribution in [2.24, 2.45) is 4.99 Å². The second kappa shape index (κ2) is 2.59. The maximum Gasteiger partial charge on any atom is 0.350 e. The third kappa shape index (κ3) is 1.26. The predicted molar refractivity (Wildman–Crippen MR) is 33.9 cm³/mol. The van der Waals surface area contributed by atoms with Crippen LogP contribution >= 0.6 is 12.4 Å². The quantitative estimate of drug-likeness (QED) is 0.488. The molecule has 50 valence electrons. The molecule has 4 nitrogen and oxygen atoms in total. The zero-order chi connectivity index (χ0) is 6.15. The van der Waals surface area contributed by atoms with Crippen LogP contribution in [0.5, 0.6) is 0 Å². The van der Waals surface area contributed by atoms with E-state index in [1.165, 1.54) is 7.05 Å². The number of carbonyl (C=O) groups is 2. The summed E-state index contributed by atoms with van der Waals surface area (Å²) in [5, 5.41) is 0. The van der Waals surface area contributed by atoms with Crippen LogP contribution in [0.25, 0.3) is 0 Å². The molecule has 0 saturated carbocycles. The zero-order valence-electron chi connectivity index (χ0n) is 4.70. The fourth-order valence-electron chi connectivity index (χ4n) is 0.378. The number of nitrogens with zero attached hydrogens (tertiary/aromatic N) is 2. The van der Waals surface area contributed by atoms with Gasteiger partial charge in [-0.15, -0.1) is 12.4 Å². The highest BCUT2D eigenvalue weighted by molar-refractivity contribution is 6.35. The fraction of sp³-hybridized carbons (Fsp3) is 0.250. The molecule has 3 amide bonds. The minimum Gasteiger partial charge on any atom is -0.267 e. The third-order valence-corrected chi connectivity index (χ3v) is 0.903. The second-order valence-corrected chi connectivity index (χ2v) is 1.44. The minimum atomic E-state index is -0.491. The van der Waals surface area contributed by atoms with Crippen molar-refractivity contribution in [3.63, 3.8) is 0 Å². The molecule has 0 radical (unpaired) electrons. The SMILES string of the molecule is CN1C(=O)C=NC1=O.Cl. The summed E-state index contributed by atoms with van der Waals surface area (Å²) in [6, 6.07) is -0.491. The first-order valence-corrected chi connectivity index (χ1v) is 2.07. The van der Waals surface area contributed by atoms with E-state index in [2.05, 4.69) is 4.99 Å². The second-order valence-electron chi connectivity index (χ2n) is 1.44. The number of hydrogen-bond donors (Lipinski definition) is 0. The molecule has 1 rings (SSSR count). The van der Waals surface area contributed by atoms with Crippen LogP contribution in [0.4, 0.5) is 4.79 Å². The van der Waals surface area contributed by atoms with E-state index in [9.17, 15) is 9.59 Å². The van der Waals surface area contributed by atoms with E-state index >= 15 is 0 Å². The van der Waals surface area contributed by atoms with Gasteiger partial charge in [0.1, 0.15) is 0 Å². The molecule has 0 spiro atoms. The molecule has 0 aromatic rings. The molecule has 9 heavy (non-hydrogen) atoms. The summed E-state index contributed by atoms with van der Waals surface area (Å²) in [7, 11) is 1.39. The first kappa shape index (κ1) is 8.10. The van der Waals surface area contributed by atoms with Crippen LogP contribution < -0.4 is 0 Å². The van der Waals surface area contributed by atoms with Gasteiger partial charge in [-0.1, -0.05) is 0 Å². The summed E-state index contributed by atoms with van der Waals surface area (Å²) in [4.78, 5) is 24.8. The Bertz CT molecular complexity index is 159. The first-order valence-electron chi connectivity index (χ1n) is 2.07. The number of urea groups is 1. The lowest BCUT2D eigenvalue weighted by Gasteiger charge is -1.99. The number of amides is 3. The van der Waals surface area contributed by atoms with Crippen molar-refractivity contribution in [1.29, 1.82) is 0 Å². The molecule has 0 unspecified atom stereocenters. The summed E-state index contributed by atoms with van der Waals surface area (Å²) in [6.07, 6.45) is 1.00. The van der Waals surface area contributed by atoms with E-state index in [1.807, 2.05) is 0 Å². The van der Waals surface area contributed by atoms with Crippen molar-refractivity contribution in [2.75, 3.05) is 7.05 Å². The molecular formula is C4H5ClN2O2. The zero-order valence-corrected chi connectivity index (χ0v) is 5.51. The number of halogens is 1. The van der Waals surface area contributed by atoms with Crippen molar-refractivity contribution < 1.29 is 9.59 Å². The summed E-state index contributed by atoms with van der Waals surface area (Å²) < 4.78 is 0. The Morgan fingerprint density at radius 3 is 2.22 bits per heavy atom. The van der Waals surface area contributed by atoms with Gasteiger partial charge in [-0.2, -0.15) is 4.99 Å². The summed E-state index contributed by atoms with van der Waals surface area (Å²) >= 11 is 0. The summed E-state index contributed by atoms with van der Waals surface area (Å²) in [5.74, 6) is -0.352. The van der Waals surface area contributed by atoms with Gasteiger partial charge >= 0.3 is 6.03 Å². The minimum absolute atomic E-state index is 0. The van der Waals surface area contributed by atoms with E-state index in [4.69, 9.17) is 0 Å². The Kier molecular flexibility index (Phi) is 2.33. The van der Waals surface area contributed by atoms with E-state index < -0.39 is 6.03 Å². The van der Waals surface area contributed by atoms with E-state index in [1.54, 1.807) is 0 Å². The average Bonchev–Trinajstić information content (AvgIpc) is 1.98. The van der Waals surface area contributed by atoms with E-state index in [0.29, 0.717) is 0 Å². The Hall–Kier alpha value is -0.900. The normalized spacial score (nSPS) is 16.3. The molecule has 1 aliphatic heterocycles. The lowest BCUT2D eigenvalue weighted by atomic mass is 10.6. The Morgan fingerprint density at radius 1 is 1.56 bits per heavy atom. The molecule has 1 heterocycles. The maximum absolute atomic E-state index is 10.3. The number of imide groups is 1. The maximum atomic E-state index is 10.3. The predicted octanol–water partition coefficient (Wildman–Crippen LogP) is 0.0710. The number of aliphatic imine (C=N–C) groups is 1. The standard InChI is InChI=1S/C4H4N2O2.ClH/c1-6-3(7)2-5-4(6)8;/h2H,1H3;1H. The van der Waals surface area contributed by atoms with Crippen molar-refractivity contribution in [3.05, 3.63) is 0 Å². The van der Waals surface area contributed by atoms with Gasteiger partial charge in [0.2, 0.25) is 0 Å². The van der Waals surface area contributed by atoms with Crippen molar-refractivity contribution in [1.82, 2.24) is 4.90 Å². The Morgan fingerprint density at radius 2 is 2.11 bits per heavy atom. The fourth-order valence-corrected chi connectivity index (χ4v) is 0.378. The van der Waals surface area contributed by atoms with Crippen molar-refractivity contribution in [3.8, 4) is 0 Å². The average molecular weight is 149 g/mol. The van der Waals surface area contributed by atoms with Gasteiger partial charge in [0.05, 0.1) is 6.21 Å². The molecule has 0 aromatic heterocycles. The smallest absolute Gasteiger partial charge is 0.267 e. The van der Waals surface area contributed by atoms with Crippen molar-refractivity contribution in [2.45, 2.75) is 0 Å². The lowest BCUT2D eigenvalue weighted by Crippen LogP contribution is -2.24. The van der Waals surface area contributed by atoms with Gasteiger partial charge in [-0.3, -0.25) is 9.69 Å². The molecule has 0 saturated heterocycles. The highest BCUT2D eigenvalue weighted by Gasteiger charge is 2.19. The molecular weight excluding hydrogens is 144 g/mol. The first-order chi connectivity index (χ1) is 3.72. The van der Waals surface area contributed by atoms with E-state index in [-0.39, 0.29) is 18.3 Å². The molecule has 0 aliphatic carbocycles. The van der Waals surface area contributed by atoms with Crippen LogP contribution in [0.1, 0.15) is 0 Å². The van der Waals surface area contributed by atoms with Crippen LogP contribution in [0.2, 0.25) is 0 Å². The largest absolute Gasteiger partial charge is 0.350 e. The summed E-state index contributed by atoms with van der Waals surface area (Å²) in [5.41, 5.74) is 0. The summed E-state index contributed by atoms with van der Waals surface area (Å²) in [6.45, 7) is 0. The molecule has 5 heteroatoms. The Balaban J connectivity index is 0.000000640. The van der Waals surface area contributed by atoms with Crippen LogP contribution in [0.3, 0.4) is 0 Å². The molecule has 0 N–H and O–H groups in total. The van der Waals surface area contributed by atoms with Crippen LogP contribution in [-0.2, 0) is 4.79 Å². The van der Waals surface area contributed by atoms with Crippen LogP contribution in [0, 0.1) is 0 Å². The molecule has 0 fully saturated rings.